The Bertz CT molecular complexity index is 581. The van der Waals surface area contributed by atoms with Crippen LogP contribution in [0.3, 0.4) is 0 Å². The lowest BCUT2D eigenvalue weighted by molar-refractivity contribution is 0.101. The zero-order valence-electron chi connectivity index (χ0n) is 10.9. The molecule has 0 radical (unpaired) electrons. The summed E-state index contributed by atoms with van der Waals surface area (Å²) in [6.45, 7) is 4.13. The highest BCUT2D eigenvalue weighted by molar-refractivity contribution is 5.93. The van der Waals surface area contributed by atoms with Crippen molar-refractivity contribution in [3.05, 3.63) is 54.0 Å². The Morgan fingerprint density at radius 3 is 2.63 bits per heavy atom. The van der Waals surface area contributed by atoms with Crippen molar-refractivity contribution < 1.29 is 9.18 Å². The van der Waals surface area contributed by atoms with Gasteiger partial charge in [0.1, 0.15) is 11.6 Å². The van der Waals surface area contributed by atoms with Crippen molar-refractivity contribution in [3.8, 4) is 0 Å². The highest BCUT2D eigenvalue weighted by Gasteiger charge is 2.10. The molecule has 1 heterocycles. The van der Waals surface area contributed by atoms with Crippen molar-refractivity contribution in [1.29, 1.82) is 0 Å². The van der Waals surface area contributed by atoms with Gasteiger partial charge < -0.3 is 4.90 Å². The molecule has 0 aliphatic heterocycles. The van der Waals surface area contributed by atoms with Crippen LogP contribution in [-0.4, -0.2) is 17.3 Å². The first-order valence-corrected chi connectivity index (χ1v) is 6.12. The predicted molar refractivity (Wildman–Crippen MR) is 73.3 cm³/mol. The van der Waals surface area contributed by atoms with Crippen LogP contribution < -0.4 is 4.90 Å². The Morgan fingerprint density at radius 2 is 2.11 bits per heavy atom. The molecule has 0 aliphatic rings. The molecule has 0 aliphatic carbocycles. The van der Waals surface area contributed by atoms with E-state index in [2.05, 4.69) is 4.98 Å². The molecule has 0 bridgehead atoms. The maximum atomic E-state index is 13.3. The van der Waals surface area contributed by atoms with Gasteiger partial charge in [0.25, 0.3) is 0 Å². The summed E-state index contributed by atoms with van der Waals surface area (Å²) in [5, 5.41) is 0. The minimum atomic E-state index is -0.281. The van der Waals surface area contributed by atoms with Crippen LogP contribution in [0.4, 0.5) is 15.9 Å². The number of hydrogen-bond donors (Lipinski definition) is 0. The van der Waals surface area contributed by atoms with Gasteiger partial charge in [-0.3, -0.25) is 4.79 Å². The molecule has 0 atom stereocenters. The van der Waals surface area contributed by atoms with Gasteiger partial charge >= 0.3 is 0 Å². The fourth-order valence-electron chi connectivity index (χ4n) is 1.87. The summed E-state index contributed by atoms with van der Waals surface area (Å²) in [6, 6.07) is 9.86. The van der Waals surface area contributed by atoms with E-state index in [1.54, 1.807) is 24.4 Å². The highest BCUT2D eigenvalue weighted by Crippen LogP contribution is 2.23. The number of rotatable bonds is 4. The molecule has 0 spiro atoms. The van der Waals surface area contributed by atoms with E-state index in [9.17, 15) is 9.18 Å². The molecule has 1 aromatic carbocycles. The molecule has 19 heavy (non-hydrogen) atoms. The first-order chi connectivity index (χ1) is 9.11. The number of ketones is 1. The molecule has 2 rings (SSSR count). The van der Waals surface area contributed by atoms with Crippen LogP contribution in [0.25, 0.3) is 0 Å². The zero-order valence-corrected chi connectivity index (χ0v) is 10.9. The number of nitrogens with zero attached hydrogens (tertiary/aromatic N) is 2. The van der Waals surface area contributed by atoms with Crippen molar-refractivity contribution in [2.24, 2.45) is 0 Å². The van der Waals surface area contributed by atoms with Crippen molar-refractivity contribution in [1.82, 2.24) is 4.98 Å². The molecule has 0 unspecified atom stereocenters. The molecule has 0 amide bonds. The molecule has 1 aromatic heterocycles. The summed E-state index contributed by atoms with van der Waals surface area (Å²) in [5.74, 6) is 0.391. The van der Waals surface area contributed by atoms with Gasteiger partial charge in [0.15, 0.2) is 5.78 Å². The molecule has 0 fully saturated rings. The summed E-state index contributed by atoms with van der Waals surface area (Å²) in [7, 11) is 0. The number of halogens is 1. The lowest BCUT2D eigenvalue weighted by Gasteiger charge is -2.22. The summed E-state index contributed by atoms with van der Waals surface area (Å²) < 4.78 is 13.3. The second-order valence-electron chi connectivity index (χ2n) is 4.19. The van der Waals surface area contributed by atoms with E-state index in [-0.39, 0.29) is 11.6 Å². The number of aromatic nitrogens is 1. The Morgan fingerprint density at radius 1 is 1.32 bits per heavy atom. The molecule has 0 saturated heterocycles. The van der Waals surface area contributed by atoms with Crippen LogP contribution in [0.1, 0.15) is 24.2 Å². The SMILES string of the molecule is CCN(c1cccc(F)c1)c1ccc(C(C)=O)cn1. The number of benzene rings is 1. The third kappa shape index (κ3) is 2.96. The summed E-state index contributed by atoms with van der Waals surface area (Å²) in [5.41, 5.74) is 1.31. The average Bonchev–Trinajstić information content (AvgIpc) is 2.40. The Hall–Kier alpha value is -2.23. The number of carbonyl (C=O) groups is 1. The van der Waals surface area contributed by atoms with E-state index in [1.807, 2.05) is 17.9 Å². The van der Waals surface area contributed by atoms with Crippen LogP contribution in [0.15, 0.2) is 42.6 Å². The van der Waals surface area contributed by atoms with E-state index in [0.29, 0.717) is 17.9 Å². The third-order valence-electron chi connectivity index (χ3n) is 2.87. The van der Waals surface area contributed by atoms with E-state index < -0.39 is 0 Å². The molecule has 4 heteroatoms. The van der Waals surface area contributed by atoms with Gasteiger partial charge in [-0.15, -0.1) is 0 Å². The third-order valence-corrected chi connectivity index (χ3v) is 2.87. The van der Waals surface area contributed by atoms with Crippen LogP contribution in [0.2, 0.25) is 0 Å². The second-order valence-corrected chi connectivity index (χ2v) is 4.19. The molecular weight excluding hydrogens is 243 g/mol. The Labute approximate surface area is 111 Å². The van der Waals surface area contributed by atoms with Gasteiger partial charge in [-0.05, 0) is 44.2 Å². The fourth-order valence-corrected chi connectivity index (χ4v) is 1.87. The normalized spacial score (nSPS) is 10.3. The van der Waals surface area contributed by atoms with Crippen molar-refractivity contribution in [2.45, 2.75) is 13.8 Å². The Kier molecular flexibility index (Phi) is 3.90. The molecular formula is C15H15FN2O. The smallest absolute Gasteiger partial charge is 0.161 e. The number of pyridine rings is 1. The van der Waals surface area contributed by atoms with E-state index >= 15 is 0 Å². The molecule has 0 saturated carbocycles. The fraction of sp³-hybridized carbons (Fsp3) is 0.200. The van der Waals surface area contributed by atoms with Gasteiger partial charge in [-0.1, -0.05) is 6.07 Å². The maximum Gasteiger partial charge on any atom is 0.161 e. The van der Waals surface area contributed by atoms with Crippen LogP contribution in [0.5, 0.6) is 0 Å². The molecule has 98 valence electrons. The van der Waals surface area contributed by atoms with Gasteiger partial charge in [-0.2, -0.15) is 0 Å². The standard InChI is InChI=1S/C15H15FN2O/c1-3-18(14-6-4-5-13(16)9-14)15-8-7-12(10-17-15)11(2)19/h4-10H,3H2,1-2H3. The molecule has 2 aromatic rings. The number of hydrogen-bond acceptors (Lipinski definition) is 3. The largest absolute Gasteiger partial charge is 0.327 e. The lowest BCUT2D eigenvalue weighted by atomic mass is 10.2. The highest BCUT2D eigenvalue weighted by atomic mass is 19.1. The summed E-state index contributed by atoms with van der Waals surface area (Å²) in [4.78, 5) is 17.3. The van der Waals surface area contributed by atoms with Gasteiger partial charge in [0.2, 0.25) is 0 Å². The number of carbonyl (C=O) groups excluding carboxylic acids is 1. The van der Waals surface area contributed by atoms with Gasteiger partial charge in [0, 0.05) is 24.0 Å². The summed E-state index contributed by atoms with van der Waals surface area (Å²) >= 11 is 0. The second kappa shape index (κ2) is 5.61. The van der Waals surface area contributed by atoms with Gasteiger partial charge in [0.05, 0.1) is 0 Å². The minimum Gasteiger partial charge on any atom is -0.327 e. The minimum absolute atomic E-state index is 0.0205. The quantitative estimate of drug-likeness (QED) is 0.786. The molecule has 3 nitrogen and oxygen atoms in total. The van der Waals surface area contributed by atoms with Crippen molar-refractivity contribution >= 4 is 17.3 Å². The van der Waals surface area contributed by atoms with Crippen LogP contribution in [-0.2, 0) is 0 Å². The zero-order chi connectivity index (χ0) is 13.8. The first-order valence-electron chi connectivity index (χ1n) is 6.12. The van der Waals surface area contributed by atoms with Crippen molar-refractivity contribution in [3.63, 3.8) is 0 Å². The maximum absolute atomic E-state index is 13.3. The number of anilines is 2. The number of Topliss-reactive ketones (excluding diaryl/α,β-unsaturated/α-hetero) is 1. The van der Waals surface area contributed by atoms with E-state index in [4.69, 9.17) is 0 Å². The first kappa shape index (κ1) is 13.2. The average molecular weight is 258 g/mol. The predicted octanol–water partition coefficient (Wildman–Crippen LogP) is 3.58. The monoisotopic (exact) mass is 258 g/mol. The lowest BCUT2D eigenvalue weighted by Crippen LogP contribution is -2.17. The van der Waals surface area contributed by atoms with Crippen LogP contribution >= 0.6 is 0 Å². The van der Waals surface area contributed by atoms with Crippen molar-refractivity contribution in [2.75, 3.05) is 11.4 Å². The van der Waals surface area contributed by atoms with Gasteiger partial charge in [-0.25, -0.2) is 9.37 Å². The Balaban J connectivity index is 2.34. The molecule has 0 N–H and O–H groups in total. The van der Waals surface area contributed by atoms with E-state index in [1.165, 1.54) is 19.1 Å². The van der Waals surface area contributed by atoms with Crippen LogP contribution in [0, 0.1) is 5.82 Å². The van der Waals surface area contributed by atoms with E-state index in [0.717, 1.165) is 5.69 Å². The summed E-state index contributed by atoms with van der Waals surface area (Å²) in [6.07, 6.45) is 1.54. The topological polar surface area (TPSA) is 33.2 Å².